The SMILES string of the molecule is O=C(NC1CCCN(c2cc(-c3ccc(F)cc3)[nH]n2)C1)c1ccc2cc[nH]c2c1. The monoisotopic (exact) mass is 403 g/mol. The first-order valence-electron chi connectivity index (χ1n) is 10.1. The van der Waals surface area contributed by atoms with Gasteiger partial charge in [-0.25, -0.2) is 4.39 Å². The number of aromatic nitrogens is 3. The molecular weight excluding hydrogens is 381 g/mol. The number of carbonyl (C=O) groups excluding carboxylic acids is 1. The van der Waals surface area contributed by atoms with Crippen molar-refractivity contribution in [3.8, 4) is 11.3 Å². The van der Waals surface area contributed by atoms with Gasteiger partial charge in [0.05, 0.1) is 5.69 Å². The number of hydrogen-bond donors (Lipinski definition) is 3. The first kappa shape index (κ1) is 18.4. The molecule has 0 saturated carbocycles. The highest BCUT2D eigenvalue weighted by Gasteiger charge is 2.24. The summed E-state index contributed by atoms with van der Waals surface area (Å²) < 4.78 is 13.2. The number of piperidine rings is 1. The van der Waals surface area contributed by atoms with Crippen molar-refractivity contribution >= 4 is 22.6 Å². The molecule has 7 heteroatoms. The van der Waals surface area contributed by atoms with Gasteiger partial charge in [-0.05, 0) is 66.3 Å². The summed E-state index contributed by atoms with van der Waals surface area (Å²) in [6.07, 6.45) is 3.77. The van der Waals surface area contributed by atoms with Gasteiger partial charge < -0.3 is 15.2 Å². The lowest BCUT2D eigenvalue weighted by Gasteiger charge is -2.33. The van der Waals surface area contributed by atoms with Crippen LogP contribution in [0.4, 0.5) is 10.2 Å². The lowest BCUT2D eigenvalue weighted by Crippen LogP contribution is -2.48. The summed E-state index contributed by atoms with van der Waals surface area (Å²) in [5.74, 6) is 0.511. The van der Waals surface area contributed by atoms with Crippen molar-refractivity contribution in [2.24, 2.45) is 0 Å². The summed E-state index contributed by atoms with van der Waals surface area (Å²) in [7, 11) is 0. The fourth-order valence-corrected chi connectivity index (χ4v) is 4.01. The summed E-state index contributed by atoms with van der Waals surface area (Å²) in [6, 6.07) is 16.0. The molecule has 5 rings (SSSR count). The molecule has 1 unspecified atom stereocenters. The maximum absolute atomic E-state index is 13.2. The number of nitrogens with one attached hydrogen (secondary N) is 3. The van der Waals surface area contributed by atoms with Crippen molar-refractivity contribution in [3.05, 3.63) is 72.2 Å². The van der Waals surface area contributed by atoms with Gasteiger partial charge in [0.1, 0.15) is 5.82 Å². The van der Waals surface area contributed by atoms with Gasteiger partial charge in [-0.1, -0.05) is 6.07 Å². The van der Waals surface area contributed by atoms with E-state index in [9.17, 15) is 9.18 Å². The zero-order chi connectivity index (χ0) is 20.5. The Morgan fingerprint density at radius 1 is 1.13 bits per heavy atom. The number of fused-ring (bicyclic) bond motifs is 1. The van der Waals surface area contributed by atoms with Crippen molar-refractivity contribution in [2.45, 2.75) is 18.9 Å². The molecule has 1 aliphatic rings. The quantitative estimate of drug-likeness (QED) is 0.480. The van der Waals surface area contributed by atoms with Crippen LogP contribution in [0.25, 0.3) is 22.2 Å². The third-order valence-corrected chi connectivity index (χ3v) is 5.62. The van der Waals surface area contributed by atoms with Gasteiger partial charge in [-0.15, -0.1) is 0 Å². The van der Waals surface area contributed by atoms with Crippen LogP contribution in [0.1, 0.15) is 23.2 Å². The summed E-state index contributed by atoms with van der Waals surface area (Å²) >= 11 is 0. The lowest BCUT2D eigenvalue weighted by molar-refractivity contribution is 0.0933. The molecule has 152 valence electrons. The minimum absolute atomic E-state index is 0.0524. The molecule has 1 aliphatic heterocycles. The van der Waals surface area contributed by atoms with Crippen molar-refractivity contribution < 1.29 is 9.18 Å². The Balaban J connectivity index is 1.26. The fourth-order valence-electron chi connectivity index (χ4n) is 4.01. The van der Waals surface area contributed by atoms with Gasteiger partial charge in [0, 0.05) is 42.5 Å². The minimum atomic E-state index is -0.261. The smallest absolute Gasteiger partial charge is 0.251 e. The lowest BCUT2D eigenvalue weighted by atomic mass is 10.0. The number of anilines is 1. The molecule has 0 aliphatic carbocycles. The zero-order valence-corrected chi connectivity index (χ0v) is 16.4. The Morgan fingerprint density at radius 2 is 2.00 bits per heavy atom. The van der Waals surface area contributed by atoms with Crippen LogP contribution in [0.2, 0.25) is 0 Å². The largest absolute Gasteiger partial charge is 0.361 e. The summed E-state index contributed by atoms with van der Waals surface area (Å²) in [5.41, 5.74) is 3.34. The van der Waals surface area contributed by atoms with Crippen LogP contribution < -0.4 is 10.2 Å². The standard InChI is InChI=1S/C23H22FN5O/c24-18-7-5-15(6-8-18)21-13-22(28-27-21)29-11-1-2-19(14-29)26-23(30)17-4-3-16-9-10-25-20(16)12-17/h3-10,12-13,19,25H,1-2,11,14H2,(H,26,30)(H,27,28). The third kappa shape index (κ3) is 3.66. The van der Waals surface area contributed by atoms with E-state index in [0.29, 0.717) is 12.1 Å². The van der Waals surface area contributed by atoms with Gasteiger partial charge in [-0.3, -0.25) is 9.89 Å². The van der Waals surface area contributed by atoms with E-state index in [0.717, 1.165) is 47.4 Å². The van der Waals surface area contributed by atoms with E-state index in [1.807, 2.05) is 36.5 Å². The van der Waals surface area contributed by atoms with E-state index < -0.39 is 0 Å². The minimum Gasteiger partial charge on any atom is -0.361 e. The summed E-state index contributed by atoms with van der Waals surface area (Å²) in [6.45, 7) is 1.58. The van der Waals surface area contributed by atoms with Gasteiger partial charge in [0.2, 0.25) is 0 Å². The highest BCUT2D eigenvalue weighted by molar-refractivity contribution is 5.98. The molecule has 4 aromatic rings. The molecule has 6 nitrogen and oxygen atoms in total. The van der Waals surface area contributed by atoms with Crippen LogP contribution in [0.15, 0.2) is 60.8 Å². The van der Waals surface area contributed by atoms with Gasteiger partial charge in [0.25, 0.3) is 5.91 Å². The van der Waals surface area contributed by atoms with Crippen molar-refractivity contribution in [3.63, 3.8) is 0 Å². The normalized spacial score (nSPS) is 16.7. The molecule has 30 heavy (non-hydrogen) atoms. The number of H-pyrrole nitrogens is 2. The Labute approximate surface area is 173 Å². The number of hydrogen-bond acceptors (Lipinski definition) is 3. The van der Waals surface area contributed by atoms with E-state index in [2.05, 4.69) is 25.4 Å². The van der Waals surface area contributed by atoms with E-state index in [-0.39, 0.29) is 17.8 Å². The molecule has 3 N–H and O–H groups in total. The average Bonchev–Trinajstić information content (AvgIpc) is 3.44. The number of amides is 1. The molecule has 3 heterocycles. The molecule has 0 spiro atoms. The Morgan fingerprint density at radius 3 is 2.87 bits per heavy atom. The molecular formula is C23H22FN5O. The van der Waals surface area contributed by atoms with E-state index in [4.69, 9.17) is 0 Å². The third-order valence-electron chi connectivity index (χ3n) is 5.62. The predicted molar refractivity (Wildman–Crippen MR) is 115 cm³/mol. The number of aromatic amines is 2. The fraction of sp³-hybridized carbons (Fsp3) is 0.217. The van der Waals surface area contributed by atoms with Crippen molar-refractivity contribution in [1.82, 2.24) is 20.5 Å². The summed E-state index contributed by atoms with van der Waals surface area (Å²) in [5, 5.41) is 11.7. The average molecular weight is 403 g/mol. The Hall–Kier alpha value is -3.61. The van der Waals surface area contributed by atoms with Crippen molar-refractivity contribution in [1.29, 1.82) is 0 Å². The van der Waals surface area contributed by atoms with Crippen LogP contribution in [-0.4, -0.2) is 40.2 Å². The number of halogens is 1. The highest BCUT2D eigenvalue weighted by atomic mass is 19.1. The Kier molecular flexibility index (Phi) is 4.71. The first-order chi connectivity index (χ1) is 14.7. The summed E-state index contributed by atoms with van der Waals surface area (Å²) in [4.78, 5) is 18.1. The number of benzene rings is 2. The molecule has 2 aromatic carbocycles. The molecule has 0 bridgehead atoms. The molecule has 1 fully saturated rings. The van der Waals surface area contributed by atoms with Gasteiger partial charge in [-0.2, -0.15) is 5.10 Å². The molecule has 1 atom stereocenters. The first-order valence-corrected chi connectivity index (χ1v) is 10.1. The van der Waals surface area contributed by atoms with Crippen LogP contribution in [0.3, 0.4) is 0 Å². The maximum atomic E-state index is 13.2. The highest BCUT2D eigenvalue weighted by Crippen LogP contribution is 2.24. The van der Waals surface area contributed by atoms with Crippen LogP contribution in [0.5, 0.6) is 0 Å². The van der Waals surface area contributed by atoms with Gasteiger partial charge in [0.15, 0.2) is 5.82 Å². The van der Waals surface area contributed by atoms with E-state index in [1.165, 1.54) is 12.1 Å². The zero-order valence-electron chi connectivity index (χ0n) is 16.4. The van der Waals surface area contributed by atoms with Crippen LogP contribution in [-0.2, 0) is 0 Å². The van der Waals surface area contributed by atoms with Crippen LogP contribution >= 0.6 is 0 Å². The van der Waals surface area contributed by atoms with E-state index in [1.54, 1.807) is 12.1 Å². The second-order valence-electron chi connectivity index (χ2n) is 7.69. The second kappa shape index (κ2) is 7.67. The maximum Gasteiger partial charge on any atom is 0.251 e. The second-order valence-corrected chi connectivity index (χ2v) is 7.69. The predicted octanol–water partition coefficient (Wildman–Crippen LogP) is 4.10. The molecule has 1 saturated heterocycles. The van der Waals surface area contributed by atoms with E-state index >= 15 is 0 Å². The topological polar surface area (TPSA) is 76.8 Å². The molecule has 2 aromatic heterocycles. The number of carbonyl (C=O) groups is 1. The van der Waals surface area contributed by atoms with Gasteiger partial charge >= 0.3 is 0 Å². The number of nitrogens with zero attached hydrogens (tertiary/aromatic N) is 2. The molecule has 0 radical (unpaired) electrons. The molecule has 1 amide bonds. The van der Waals surface area contributed by atoms with Crippen molar-refractivity contribution in [2.75, 3.05) is 18.0 Å². The number of rotatable bonds is 4. The Bertz CT molecular complexity index is 1180. The van der Waals surface area contributed by atoms with Crippen LogP contribution in [0, 0.1) is 5.82 Å².